The van der Waals surface area contributed by atoms with Gasteiger partial charge in [0.15, 0.2) is 0 Å². The molecule has 0 saturated heterocycles. The summed E-state index contributed by atoms with van der Waals surface area (Å²) in [4.78, 5) is 5.27. The Hall–Kier alpha value is -3.98. The SMILES string of the molecule is Fc1ccc2occ(CC(N=C(c3ccccc3)c3ccccc3)c3ccccc3)c2c1. The Morgan fingerprint density at radius 1 is 0.750 bits per heavy atom. The van der Waals surface area contributed by atoms with Gasteiger partial charge in [0.2, 0.25) is 0 Å². The molecule has 1 heterocycles. The van der Waals surface area contributed by atoms with Gasteiger partial charge in [0.1, 0.15) is 11.4 Å². The van der Waals surface area contributed by atoms with Gasteiger partial charge in [-0.25, -0.2) is 4.39 Å². The number of hydrogen-bond donors (Lipinski definition) is 0. The van der Waals surface area contributed by atoms with Crippen LogP contribution in [0.15, 0.2) is 125 Å². The number of furan rings is 1. The standard InChI is InChI=1S/C29H22FNO/c30-25-16-17-28-26(19-25)24(20-32-28)18-27(21-10-4-1-5-11-21)31-29(22-12-6-2-7-13-22)23-14-8-3-9-15-23/h1-17,19-20,27H,18H2. The zero-order valence-electron chi connectivity index (χ0n) is 17.5. The first-order valence-corrected chi connectivity index (χ1v) is 10.7. The van der Waals surface area contributed by atoms with Crippen molar-refractivity contribution in [1.82, 2.24) is 0 Å². The molecule has 0 aliphatic heterocycles. The number of rotatable bonds is 6. The van der Waals surface area contributed by atoms with Gasteiger partial charge >= 0.3 is 0 Å². The second kappa shape index (κ2) is 9.03. The molecule has 1 atom stereocenters. The van der Waals surface area contributed by atoms with Crippen LogP contribution in [0, 0.1) is 5.82 Å². The lowest BCUT2D eigenvalue weighted by molar-refractivity contribution is 0.601. The van der Waals surface area contributed by atoms with E-state index in [9.17, 15) is 4.39 Å². The monoisotopic (exact) mass is 419 g/mol. The molecule has 0 aliphatic rings. The smallest absolute Gasteiger partial charge is 0.134 e. The molecule has 0 N–H and O–H groups in total. The second-order valence-electron chi connectivity index (χ2n) is 7.74. The van der Waals surface area contributed by atoms with E-state index in [4.69, 9.17) is 9.41 Å². The normalized spacial score (nSPS) is 11.9. The fourth-order valence-electron chi connectivity index (χ4n) is 4.00. The molecule has 0 fully saturated rings. The van der Waals surface area contributed by atoms with Crippen LogP contribution in [0.5, 0.6) is 0 Å². The zero-order chi connectivity index (χ0) is 21.8. The number of aliphatic imine (C=N–C) groups is 1. The van der Waals surface area contributed by atoms with Gasteiger partial charge in [0.25, 0.3) is 0 Å². The Morgan fingerprint density at radius 3 is 1.97 bits per heavy atom. The van der Waals surface area contributed by atoms with Crippen LogP contribution in [0.2, 0.25) is 0 Å². The lowest BCUT2D eigenvalue weighted by atomic mass is 9.97. The van der Waals surface area contributed by atoms with E-state index in [0.29, 0.717) is 12.0 Å². The van der Waals surface area contributed by atoms with Crippen LogP contribution in [0.1, 0.15) is 28.3 Å². The number of nitrogens with zero attached hydrogens (tertiary/aromatic N) is 1. The molecule has 0 bridgehead atoms. The number of hydrogen-bond acceptors (Lipinski definition) is 2. The highest BCUT2D eigenvalue weighted by atomic mass is 19.1. The van der Waals surface area contributed by atoms with Gasteiger partial charge in [-0.15, -0.1) is 0 Å². The van der Waals surface area contributed by atoms with E-state index < -0.39 is 0 Å². The van der Waals surface area contributed by atoms with Crippen molar-refractivity contribution in [2.45, 2.75) is 12.5 Å². The van der Waals surface area contributed by atoms with E-state index in [1.165, 1.54) is 12.1 Å². The first-order chi connectivity index (χ1) is 15.8. The minimum Gasteiger partial charge on any atom is -0.464 e. The summed E-state index contributed by atoms with van der Waals surface area (Å²) in [6.07, 6.45) is 2.32. The summed E-state index contributed by atoms with van der Waals surface area (Å²) in [6.45, 7) is 0. The first kappa shape index (κ1) is 20.0. The van der Waals surface area contributed by atoms with E-state index in [-0.39, 0.29) is 11.9 Å². The number of fused-ring (bicyclic) bond motifs is 1. The van der Waals surface area contributed by atoms with E-state index in [1.807, 2.05) is 54.6 Å². The summed E-state index contributed by atoms with van der Waals surface area (Å²) in [6, 6.07) is 35.1. The number of benzene rings is 4. The Morgan fingerprint density at radius 2 is 1.34 bits per heavy atom. The van der Waals surface area contributed by atoms with Crippen LogP contribution in [-0.4, -0.2) is 5.71 Å². The molecule has 2 nitrogen and oxygen atoms in total. The van der Waals surface area contributed by atoms with Gasteiger partial charge in [0, 0.05) is 28.5 Å². The average Bonchev–Trinajstić information content (AvgIpc) is 3.25. The molecule has 0 spiro atoms. The van der Waals surface area contributed by atoms with Crippen LogP contribution in [-0.2, 0) is 6.42 Å². The molecule has 3 heteroatoms. The molecule has 156 valence electrons. The molecular formula is C29H22FNO. The van der Waals surface area contributed by atoms with Gasteiger partial charge in [-0.1, -0.05) is 91.0 Å². The van der Waals surface area contributed by atoms with Crippen LogP contribution in [0.4, 0.5) is 4.39 Å². The molecule has 0 aliphatic carbocycles. The molecule has 1 unspecified atom stereocenters. The van der Waals surface area contributed by atoms with Crippen molar-refractivity contribution in [2.75, 3.05) is 0 Å². The van der Waals surface area contributed by atoms with Crippen molar-refractivity contribution < 1.29 is 8.81 Å². The maximum Gasteiger partial charge on any atom is 0.134 e. The lowest BCUT2D eigenvalue weighted by Gasteiger charge is -2.16. The first-order valence-electron chi connectivity index (χ1n) is 10.7. The van der Waals surface area contributed by atoms with Crippen LogP contribution in [0.3, 0.4) is 0 Å². The Bertz CT molecular complexity index is 1300. The topological polar surface area (TPSA) is 25.5 Å². The lowest BCUT2D eigenvalue weighted by Crippen LogP contribution is -2.09. The van der Waals surface area contributed by atoms with Crippen molar-refractivity contribution >= 4 is 16.7 Å². The Kier molecular flexibility index (Phi) is 5.63. The van der Waals surface area contributed by atoms with Crippen molar-refractivity contribution in [3.05, 3.63) is 144 Å². The van der Waals surface area contributed by atoms with Gasteiger partial charge in [0.05, 0.1) is 18.0 Å². The third kappa shape index (κ3) is 4.23. The van der Waals surface area contributed by atoms with Crippen LogP contribution >= 0.6 is 0 Å². The molecule has 32 heavy (non-hydrogen) atoms. The highest BCUT2D eigenvalue weighted by Gasteiger charge is 2.18. The molecule has 1 aromatic heterocycles. The van der Waals surface area contributed by atoms with Crippen molar-refractivity contribution in [3.63, 3.8) is 0 Å². The second-order valence-corrected chi connectivity index (χ2v) is 7.74. The maximum atomic E-state index is 13.9. The van der Waals surface area contributed by atoms with Crippen molar-refractivity contribution in [3.8, 4) is 0 Å². The number of halogens is 1. The van der Waals surface area contributed by atoms with E-state index in [1.54, 1.807) is 12.3 Å². The van der Waals surface area contributed by atoms with Gasteiger partial charge < -0.3 is 4.42 Å². The third-order valence-corrected chi connectivity index (χ3v) is 5.59. The average molecular weight is 419 g/mol. The summed E-state index contributed by atoms with van der Waals surface area (Å²) in [5.41, 5.74) is 5.77. The molecule has 5 aromatic rings. The largest absolute Gasteiger partial charge is 0.464 e. The van der Waals surface area contributed by atoms with Crippen molar-refractivity contribution in [1.29, 1.82) is 0 Å². The van der Waals surface area contributed by atoms with E-state index in [0.717, 1.165) is 33.4 Å². The molecule has 0 radical (unpaired) electrons. The van der Waals surface area contributed by atoms with E-state index in [2.05, 4.69) is 36.4 Å². The summed E-state index contributed by atoms with van der Waals surface area (Å²) in [7, 11) is 0. The quantitative estimate of drug-likeness (QED) is 0.263. The summed E-state index contributed by atoms with van der Waals surface area (Å²) < 4.78 is 19.6. The molecule has 4 aromatic carbocycles. The predicted molar refractivity (Wildman–Crippen MR) is 128 cm³/mol. The zero-order valence-corrected chi connectivity index (χ0v) is 17.5. The van der Waals surface area contributed by atoms with Gasteiger partial charge in [-0.05, 0) is 23.8 Å². The molecule has 0 saturated carbocycles. The van der Waals surface area contributed by atoms with Crippen LogP contribution in [0.25, 0.3) is 11.0 Å². The predicted octanol–water partition coefficient (Wildman–Crippen LogP) is 7.39. The molecule has 5 rings (SSSR count). The highest BCUT2D eigenvalue weighted by molar-refractivity contribution is 6.13. The molecule has 0 amide bonds. The van der Waals surface area contributed by atoms with E-state index >= 15 is 0 Å². The fourth-order valence-corrected chi connectivity index (χ4v) is 4.00. The summed E-state index contributed by atoms with van der Waals surface area (Å²) in [5.74, 6) is -0.269. The van der Waals surface area contributed by atoms with Gasteiger partial charge in [-0.3, -0.25) is 4.99 Å². The minimum atomic E-state index is -0.269. The van der Waals surface area contributed by atoms with Gasteiger partial charge in [-0.2, -0.15) is 0 Å². The Labute approximate surface area is 186 Å². The molecular weight excluding hydrogens is 397 g/mol. The van der Waals surface area contributed by atoms with Crippen LogP contribution < -0.4 is 0 Å². The highest BCUT2D eigenvalue weighted by Crippen LogP contribution is 2.30. The minimum absolute atomic E-state index is 0.157. The Balaban J connectivity index is 1.64. The summed E-state index contributed by atoms with van der Waals surface area (Å²) >= 11 is 0. The fraction of sp³-hybridized carbons (Fsp3) is 0.0690. The third-order valence-electron chi connectivity index (χ3n) is 5.59. The van der Waals surface area contributed by atoms with Crippen molar-refractivity contribution in [2.24, 2.45) is 4.99 Å². The maximum absolute atomic E-state index is 13.9. The summed E-state index contributed by atoms with van der Waals surface area (Å²) in [5, 5.41) is 0.794.